The molecule has 0 aliphatic rings. The van der Waals surface area contributed by atoms with Gasteiger partial charge in [0.25, 0.3) is 0 Å². The van der Waals surface area contributed by atoms with Gasteiger partial charge in [0.05, 0.1) is 8.32 Å². The van der Waals surface area contributed by atoms with Crippen molar-refractivity contribution in [2.45, 2.75) is 24.4 Å². The molecule has 0 fully saturated rings. The molecule has 0 aliphatic heterocycles. The Balaban J connectivity index is 0.000000399. The van der Waals surface area contributed by atoms with E-state index < -0.39 is 8.32 Å². The fourth-order valence-corrected chi connectivity index (χ4v) is 6.37. The molecule has 3 heteroatoms. The van der Waals surface area contributed by atoms with Gasteiger partial charge in [-0.15, -0.1) is 0 Å². The van der Waals surface area contributed by atoms with Gasteiger partial charge in [-0.3, -0.25) is 0 Å². The Morgan fingerprint density at radius 3 is 1.08 bits per heavy atom. The van der Waals surface area contributed by atoms with Crippen molar-refractivity contribution in [3.8, 4) is 0 Å². The van der Waals surface area contributed by atoms with E-state index >= 15 is 0 Å². The summed E-state index contributed by atoms with van der Waals surface area (Å²) in [6, 6.07) is 29.3. The Kier molecular flexibility index (Phi) is 8.18. The largest absolute Gasteiger partial charge is 0.848 e. The first kappa shape index (κ1) is 19.7. The Bertz CT molecular complexity index is 618. The summed E-state index contributed by atoms with van der Waals surface area (Å²) in [5, 5.41) is 5.56. The summed E-state index contributed by atoms with van der Waals surface area (Å²) in [5.41, 5.74) is 0. The van der Waals surface area contributed by atoms with Gasteiger partial charge >= 0.3 is 39.6 Å². The third-order valence-corrected chi connectivity index (χ3v) is 8.71. The third-order valence-electron chi connectivity index (χ3n) is 4.12. The Morgan fingerprint density at radius 1 is 0.600 bits per heavy atom. The zero-order valence-corrected chi connectivity index (χ0v) is 17.2. The Morgan fingerprint density at radius 2 is 0.880 bits per heavy atom. The SMILES string of the molecule is C[CH2][Al+][CH2]C.[O-][Si](c1ccccc1)(c1ccccc1)c1ccccc1. The molecular weight excluding hydrogens is 335 g/mol. The minimum Gasteiger partial charge on any atom is -0.848 e. The van der Waals surface area contributed by atoms with Crippen molar-refractivity contribution in [3.05, 3.63) is 91.0 Å². The van der Waals surface area contributed by atoms with E-state index in [0.29, 0.717) is 0 Å². The minimum absolute atomic E-state index is 0.815. The first-order valence-electron chi connectivity index (χ1n) is 8.92. The van der Waals surface area contributed by atoms with Crippen LogP contribution in [0.3, 0.4) is 0 Å². The molecule has 0 unspecified atom stereocenters. The molecule has 0 aliphatic carbocycles. The average molecular weight is 361 g/mol. The summed E-state index contributed by atoms with van der Waals surface area (Å²) in [4.78, 5) is 13.8. The van der Waals surface area contributed by atoms with Crippen LogP contribution in [0.4, 0.5) is 0 Å². The first-order chi connectivity index (χ1) is 12.2. The van der Waals surface area contributed by atoms with E-state index in [2.05, 4.69) is 13.8 Å². The molecule has 0 spiro atoms. The molecule has 0 saturated carbocycles. The number of benzene rings is 3. The van der Waals surface area contributed by atoms with Crippen molar-refractivity contribution in [2.24, 2.45) is 0 Å². The summed E-state index contributed by atoms with van der Waals surface area (Å²) >= 11 is 0.815. The van der Waals surface area contributed by atoms with Crippen LogP contribution in [0.5, 0.6) is 0 Å². The number of hydrogen-bond donors (Lipinski definition) is 0. The zero-order valence-electron chi connectivity index (χ0n) is 15.1. The molecule has 0 N–H and O–H groups in total. The predicted molar refractivity (Wildman–Crippen MR) is 111 cm³/mol. The van der Waals surface area contributed by atoms with E-state index in [1.165, 1.54) is 10.6 Å². The van der Waals surface area contributed by atoms with E-state index in [4.69, 9.17) is 0 Å². The summed E-state index contributed by atoms with van der Waals surface area (Å²) in [6.07, 6.45) is 0. The second-order valence-electron chi connectivity index (χ2n) is 5.88. The molecule has 1 nitrogen and oxygen atoms in total. The van der Waals surface area contributed by atoms with Gasteiger partial charge in [0.1, 0.15) is 0 Å². The monoisotopic (exact) mass is 360 g/mol. The van der Waals surface area contributed by atoms with E-state index in [9.17, 15) is 4.80 Å². The summed E-state index contributed by atoms with van der Waals surface area (Å²) in [7, 11) is -3.13. The van der Waals surface area contributed by atoms with E-state index in [1.54, 1.807) is 0 Å². The van der Waals surface area contributed by atoms with Gasteiger partial charge in [0, 0.05) is 0 Å². The van der Waals surface area contributed by atoms with Gasteiger partial charge in [-0.05, 0) is 0 Å². The van der Waals surface area contributed by atoms with Crippen LogP contribution in [0.2, 0.25) is 10.6 Å². The molecule has 25 heavy (non-hydrogen) atoms. The second-order valence-corrected chi connectivity index (χ2v) is 11.2. The molecule has 0 amide bonds. The molecule has 3 aromatic rings. The van der Waals surface area contributed by atoms with Crippen molar-refractivity contribution in [1.82, 2.24) is 0 Å². The van der Waals surface area contributed by atoms with Crippen molar-refractivity contribution in [3.63, 3.8) is 0 Å². The molecule has 126 valence electrons. The molecule has 0 saturated heterocycles. The van der Waals surface area contributed by atoms with Crippen LogP contribution >= 0.6 is 0 Å². The second kappa shape index (κ2) is 10.4. The topological polar surface area (TPSA) is 23.1 Å². The van der Waals surface area contributed by atoms with Crippen LogP contribution in [0.15, 0.2) is 91.0 Å². The van der Waals surface area contributed by atoms with Gasteiger partial charge in [0.15, 0.2) is 0 Å². The Hall–Kier alpha value is -1.63. The molecular formula is C22H25AlOSi. The maximum atomic E-state index is 13.8. The third kappa shape index (κ3) is 5.17. The van der Waals surface area contributed by atoms with Crippen molar-refractivity contribution in [1.29, 1.82) is 0 Å². The number of rotatable bonds is 5. The van der Waals surface area contributed by atoms with Crippen LogP contribution in [0.25, 0.3) is 0 Å². The fraction of sp³-hybridized carbons (Fsp3) is 0.182. The van der Waals surface area contributed by atoms with E-state index in [1.807, 2.05) is 91.0 Å². The summed E-state index contributed by atoms with van der Waals surface area (Å²) in [5.74, 6) is 0. The fourth-order valence-electron chi connectivity index (χ4n) is 2.81. The van der Waals surface area contributed by atoms with Gasteiger partial charge in [-0.25, -0.2) is 0 Å². The van der Waals surface area contributed by atoms with Gasteiger partial charge < -0.3 is 4.80 Å². The predicted octanol–water partition coefficient (Wildman–Crippen LogP) is 2.58. The maximum absolute atomic E-state index is 13.8. The van der Waals surface area contributed by atoms with Gasteiger partial charge in [-0.1, -0.05) is 107 Å². The average Bonchev–Trinajstić information content (AvgIpc) is 2.70. The summed E-state index contributed by atoms with van der Waals surface area (Å²) < 4.78 is 0. The van der Waals surface area contributed by atoms with Crippen LogP contribution in [-0.4, -0.2) is 23.5 Å². The zero-order chi connectivity index (χ0) is 18.0. The quantitative estimate of drug-likeness (QED) is 0.507. The smallest absolute Gasteiger partial charge is 0.0572 e. The minimum atomic E-state index is -3.13. The maximum Gasteiger partial charge on any atom is 0.0572 e. The summed E-state index contributed by atoms with van der Waals surface area (Å²) in [6.45, 7) is 4.50. The molecule has 0 radical (unpaired) electrons. The van der Waals surface area contributed by atoms with E-state index in [0.717, 1.165) is 30.8 Å². The molecule has 0 bridgehead atoms. The van der Waals surface area contributed by atoms with Crippen LogP contribution in [0, 0.1) is 0 Å². The number of hydrogen-bond acceptors (Lipinski definition) is 1. The van der Waals surface area contributed by atoms with Crippen LogP contribution in [0.1, 0.15) is 13.8 Å². The molecule has 3 aromatic carbocycles. The molecule has 0 atom stereocenters. The molecule has 0 aromatic heterocycles. The normalized spacial score (nSPS) is 10.4. The standard InChI is InChI=1S/C18H15OSi.2C2H5.Al/c19-20(16-10-4-1-5-11-16,17-12-6-2-7-13-17)18-14-8-3-9-15-18;2*1-2;/h1-15H;2*1H2,2H3;/q-1;;;+1. The van der Waals surface area contributed by atoms with Crippen LogP contribution < -0.4 is 20.4 Å². The van der Waals surface area contributed by atoms with Crippen molar-refractivity contribution < 1.29 is 4.80 Å². The van der Waals surface area contributed by atoms with Crippen LogP contribution in [-0.2, 0) is 0 Å². The first-order valence-corrected chi connectivity index (χ1v) is 12.5. The van der Waals surface area contributed by atoms with Crippen molar-refractivity contribution in [2.75, 3.05) is 0 Å². The van der Waals surface area contributed by atoms with Gasteiger partial charge in [-0.2, -0.15) is 0 Å². The van der Waals surface area contributed by atoms with E-state index in [-0.39, 0.29) is 0 Å². The van der Waals surface area contributed by atoms with Crippen molar-refractivity contribution >= 4 is 39.1 Å². The molecule has 3 rings (SSSR count). The van der Waals surface area contributed by atoms with Gasteiger partial charge in [0.2, 0.25) is 0 Å². The molecule has 0 heterocycles. The Labute approximate surface area is 159 Å².